The Morgan fingerprint density at radius 3 is 2.25 bits per heavy atom. The van der Waals surface area contributed by atoms with Crippen LogP contribution in [0.1, 0.15) is 44.7 Å². The monoisotopic (exact) mass is 473 g/mol. The van der Waals surface area contributed by atoms with Crippen molar-refractivity contribution in [3.05, 3.63) is 34.9 Å². The highest BCUT2D eigenvalue weighted by Crippen LogP contribution is 2.25. The van der Waals surface area contributed by atoms with Crippen molar-refractivity contribution in [1.82, 2.24) is 14.7 Å². The number of aryl methyl sites for hydroxylation is 1. The summed E-state index contributed by atoms with van der Waals surface area (Å²) >= 11 is -0.750. The van der Waals surface area contributed by atoms with E-state index in [0.29, 0.717) is 39.0 Å². The van der Waals surface area contributed by atoms with E-state index >= 15 is 0 Å². The van der Waals surface area contributed by atoms with Gasteiger partial charge in [0.2, 0.25) is 0 Å². The molecule has 0 atom stereocenters. The SMILES string of the molecule is Cc1cc(F)c(CN2CCN(C3CCN(C(=O)OC(C)(C)C)CC3)C2=O)cc1F.O=S=O. The van der Waals surface area contributed by atoms with Crippen molar-refractivity contribution in [2.45, 2.75) is 58.7 Å². The zero-order valence-electron chi connectivity index (χ0n) is 18.7. The van der Waals surface area contributed by atoms with Crippen molar-refractivity contribution in [2.75, 3.05) is 26.2 Å². The first-order valence-corrected chi connectivity index (χ1v) is 11.0. The Hall–Kier alpha value is -2.56. The van der Waals surface area contributed by atoms with Gasteiger partial charge in [0.05, 0.1) is 6.54 Å². The van der Waals surface area contributed by atoms with Gasteiger partial charge in [-0.25, -0.2) is 18.4 Å². The van der Waals surface area contributed by atoms with Crippen LogP contribution in [0.15, 0.2) is 12.1 Å². The lowest BCUT2D eigenvalue weighted by Gasteiger charge is -2.37. The van der Waals surface area contributed by atoms with Gasteiger partial charge in [0, 0.05) is 37.8 Å². The minimum Gasteiger partial charge on any atom is -0.444 e. The van der Waals surface area contributed by atoms with Crippen molar-refractivity contribution < 1.29 is 31.5 Å². The minimum absolute atomic E-state index is 0.0331. The summed E-state index contributed by atoms with van der Waals surface area (Å²) in [7, 11) is 0. The van der Waals surface area contributed by atoms with Gasteiger partial charge >= 0.3 is 23.7 Å². The van der Waals surface area contributed by atoms with E-state index in [1.165, 1.54) is 13.0 Å². The lowest BCUT2D eigenvalue weighted by atomic mass is 10.0. The standard InChI is InChI=1S/C21H29F2N3O3.O2S/c1-14-11-18(23)15(12-17(14)22)13-25-9-10-26(19(25)27)16-5-7-24(8-6-16)20(28)29-21(2,3)4;1-3-2/h11-12,16H,5-10,13H2,1-4H3;. The predicted octanol–water partition coefficient (Wildman–Crippen LogP) is 3.24. The zero-order chi connectivity index (χ0) is 24.1. The number of hydrogen-bond acceptors (Lipinski definition) is 5. The molecule has 0 aromatic heterocycles. The molecule has 32 heavy (non-hydrogen) atoms. The third-order valence-electron chi connectivity index (χ3n) is 5.37. The highest BCUT2D eigenvalue weighted by Gasteiger charge is 2.37. The van der Waals surface area contributed by atoms with E-state index in [0.717, 1.165) is 6.07 Å². The van der Waals surface area contributed by atoms with Crippen molar-refractivity contribution in [3.8, 4) is 0 Å². The van der Waals surface area contributed by atoms with E-state index in [1.807, 2.05) is 20.8 Å². The number of halogens is 2. The fourth-order valence-electron chi connectivity index (χ4n) is 3.79. The van der Waals surface area contributed by atoms with Gasteiger partial charge in [-0.1, -0.05) is 0 Å². The molecule has 11 heteroatoms. The molecular formula is C21H29F2N3O5S. The van der Waals surface area contributed by atoms with E-state index in [2.05, 4.69) is 0 Å². The Bertz CT molecular complexity index is 879. The molecule has 2 aliphatic heterocycles. The van der Waals surface area contributed by atoms with E-state index < -0.39 is 28.8 Å². The Labute approximate surface area is 190 Å². The first-order valence-electron chi connectivity index (χ1n) is 10.4. The summed E-state index contributed by atoms with van der Waals surface area (Å²) in [5, 5.41) is 0. The highest BCUT2D eigenvalue weighted by atomic mass is 32.1. The third kappa shape index (κ3) is 6.72. The number of carbonyl (C=O) groups excluding carboxylic acids is 2. The molecule has 3 amide bonds. The average Bonchev–Trinajstić information content (AvgIpc) is 3.06. The number of benzene rings is 1. The molecule has 2 fully saturated rings. The molecule has 0 spiro atoms. The summed E-state index contributed by atoms with van der Waals surface area (Å²) in [4.78, 5) is 30.0. The molecule has 2 heterocycles. The van der Waals surface area contributed by atoms with Gasteiger partial charge in [0.15, 0.2) is 0 Å². The summed E-state index contributed by atoms with van der Waals surface area (Å²) < 4.78 is 49.9. The summed E-state index contributed by atoms with van der Waals surface area (Å²) in [6.07, 6.45) is 1.01. The number of rotatable bonds is 3. The number of nitrogens with zero attached hydrogens (tertiary/aromatic N) is 3. The molecule has 8 nitrogen and oxygen atoms in total. The minimum atomic E-state index is -0.750. The fourth-order valence-corrected chi connectivity index (χ4v) is 3.79. The molecule has 2 aliphatic rings. The van der Waals surface area contributed by atoms with Crippen LogP contribution in [0.3, 0.4) is 0 Å². The van der Waals surface area contributed by atoms with Gasteiger partial charge in [-0.2, -0.15) is 8.42 Å². The van der Waals surface area contributed by atoms with Crippen LogP contribution in [0, 0.1) is 18.6 Å². The van der Waals surface area contributed by atoms with Gasteiger partial charge in [-0.3, -0.25) is 0 Å². The van der Waals surface area contributed by atoms with Crippen LogP contribution >= 0.6 is 0 Å². The molecule has 2 saturated heterocycles. The van der Waals surface area contributed by atoms with E-state index in [1.54, 1.807) is 14.7 Å². The molecule has 3 rings (SSSR count). The number of ether oxygens (including phenoxy) is 1. The molecule has 0 aliphatic carbocycles. The number of hydrogen-bond donors (Lipinski definition) is 0. The molecule has 0 saturated carbocycles. The second-order valence-electron chi connectivity index (χ2n) is 8.86. The first-order chi connectivity index (χ1) is 15.0. The number of amides is 3. The van der Waals surface area contributed by atoms with Crippen molar-refractivity contribution in [2.24, 2.45) is 0 Å². The Morgan fingerprint density at radius 2 is 1.69 bits per heavy atom. The van der Waals surface area contributed by atoms with Gasteiger partial charge in [0.1, 0.15) is 17.2 Å². The fraction of sp³-hybridized carbons (Fsp3) is 0.619. The number of urea groups is 1. The van der Waals surface area contributed by atoms with Crippen LogP contribution in [0.2, 0.25) is 0 Å². The lowest BCUT2D eigenvalue weighted by Crippen LogP contribution is -2.49. The van der Waals surface area contributed by atoms with Gasteiger partial charge in [-0.05, 0) is 58.2 Å². The summed E-state index contributed by atoms with van der Waals surface area (Å²) in [5.74, 6) is -0.972. The molecule has 0 radical (unpaired) electrons. The Morgan fingerprint density at radius 1 is 1.09 bits per heavy atom. The predicted molar refractivity (Wildman–Crippen MR) is 113 cm³/mol. The van der Waals surface area contributed by atoms with Crippen LogP contribution in [0.5, 0.6) is 0 Å². The Kier molecular flexibility index (Phi) is 8.71. The smallest absolute Gasteiger partial charge is 0.410 e. The molecular weight excluding hydrogens is 444 g/mol. The Balaban J connectivity index is 0.00000114. The maximum absolute atomic E-state index is 14.1. The average molecular weight is 474 g/mol. The van der Waals surface area contributed by atoms with Crippen molar-refractivity contribution >= 4 is 23.7 Å². The van der Waals surface area contributed by atoms with E-state index in [9.17, 15) is 18.4 Å². The zero-order valence-corrected chi connectivity index (χ0v) is 19.5. The number of piperidine rings is 1. The molecule has 0 bridgehead atoms. The second-order valence-corrected chi connectivity index (χ2v) is 8.99. The first kappa shape index (κ1) is 25.7. The maximum atomic E-state index is 14.1. The summed E-state index contributed by atoms with van der Waals surface area (Å²) in [6.45, 7) is 9.13. The van der Waals surface area contributed by atoms with Gasteiger partial charge < -0.3 is 19.4 Å². The van der Waals surface area contributed by atoms with Gasteiger partial charge in [0.25, 0.3) is 0 Å². The van der Waals surface area contributed by atoms with Crippen LogP contribution in [0.4, 0.5) is 18.4 Å². The molecule has 0 unspecified atom stereocenters. The largest absolute Gasteiger partial charge is 0.444 e. The topological polar surface area (TPSA) is 87.2 Å². The van der Waals surface area contributed by atoms with Gasteiger partial charge in [-0.15, -0.1) is 0 Å². The summed E-state index contributed by atoms with van der Waals surface area (Å²) in [6, 6.07) is 2.20. The maximum Gasteiger partial charge on any atom is 0.410 e. The number of likely N-dealkylation sites (tertiary alicyclic amines) is 1. The van der Waals surface area contributed by atoms with Crippen LogP contribution in [-0.2, 0) is 22.9 Å². The molecule has 178 valence electrons. The molecule has 1 aromatic rings. The van der Waals surface area contributed by atoms with Crippen LogP contribution < -0.4 is 0 Å². The second kappa shape index (κ2) is 10.8. The van der Waals surface area contributed by atoms with Crippen LogP contribution in [-0.4, -0.2) is 73.1 Å². The number of carbonyl (C=O) groups is 2. The molecule has 0 N–H and O–H groups in total. The lowest BCUT2D eigenvalue weighted by molar-refractivity contribution is 0.0170. The third-order valence-corrected chi connectivity index (χ3v) is 5.37. The van der Waals surface area contributed by atoms with Crippen molar-refractivity contribution in [3.63, 3.8) is 0 Å². The summed E-state index contributed by atoms with van der Waals surface area (Å²) in [5.41, 5.74) is -0.107. The van der Waals surface area contributed by atoms with E-state index in [4.69, 9.17) is 13.2 Å². The highest BCUT2D eigenvalue weighted by molar-refractivity contribution is 7.51. The van der Waals surface area contributed by atoms with Crippen molar-refractivity contribution in [1.29, 1.82) is 0 Å². The van der Waals surface area contributed by atoms with Crippen LogP contribution in [0.25, 0.3) is 0 Å². The quantitative estimate of drug-likeness (QED) is 0.673. The normalized spacial score (nSPS) is 17.2. The molecule has 1 aromatic carbocycles. The van der Waals surface area contributed by atoms with E-state index in [-0.39, 0.29) is 35.8 Å².